The van der Waals surface area contributed by atoms with Crippen LogP contribution < -0.4 is 5.32 Å². The van der Waals surface area contributed by atoms with Crippen molar-refractivity contribution < 1.29 is 0 Å². The summed E-state index contributed by atoms with van der Waals surface area (Å²) in [6.07, 6.45) is 9.75. The highest BCUT2D eigenvalue weighted by atomic mass is 35.5. The van der Waals surface area contributed by atoms with Gasteiger partial charge in [-0.2, -0.15) is 11.8 Å². The van der Waals surface area contributed by atoms with E-state index < -0.39 is 0 Å². The molecule has 0 spiro atoms. The van der Waals surface area contributed by atoms with Crippen LogP contribution in [0.25, 0.3) is 0 Å². The smallest absolute Gasteiger partial charge is 0.137 e. The van der Waals surface area contributed by atoms with Crippen LogP contribution in [0.3, 0.4) is 0 Å². The molecule has 0 aromatic carbocycles. The van der Waals surface area contributed by atoms with Crippen molar-refractivity contribution in [2.45, 2.75) is 50.3 Å². The molecule has 3 nitrogen and oxygen atoms in total. The minimum Gasteiger partial charge on any atom is -0.366 e. The summed E-state index contributed by atoms with van der Waals surface area (Å²) in [6.45, 7) is 2.09. The maximum Gasteiger partial charge on any atom is 0.137 e. The van der Waals surface area contributed by atoms with Crippen LogP contribution in [0.5, 0.6) is 0 Å². The van der Waals surface area contributed by atoms with Crippen LogP contribution in [0.15, 0.2) is 6.33 Å². The van der Waals surface area contributed by atoms with Crippen molar-refractivity contribution in [1.82, 2.24) is 9.97 Å². The first kappa shape index (κ1) is 13.9. The molecule has 1 aliphatic carbocycles. The molecule has 0 saturated heterocycles. The van der Waals surface area contributed by atoms with Crippen molar-refractivity contribution in [3.05, 3.63) is 17.0 Å². The normalized spacial score (nSPS) is 23.9. The number of anilines is 1. The molecule has 1 saturated carbocycles. The van der Waals surface area contributed by atoms with Gasteiger partial charge < -0.3 is 5.32 Å². The van der Waals surface area contributed by atoms with E-state index in [0.717, 1.165) is 17.8 Å². The van der Waals surface area contributed by atoms with Gasteiger partial charge in [0.1, 0.15) is 17.3 Å². The number of aromatic nitrogens is 2. The Morgan fingerprint density at radius 2 is 2.17 bits per heavy atom. The molecule has 100 valence electrons. The Morgan fingerprint density at radius 3 is 2.89 bits per heavy atom. The van der Waals surface area contributed by atoms with Crippen LogP contribution in [0.2, 0.25) is 5.15 Å². The second-order valence-corrected chi connectivity index (χ2v) is 6.09. The van der Waals surface area contributed by atoms with Crippen molar-refractivity contribution in [2.24, 2.45) is 0 Å². The first-order chi connectivity index (χ1) is 8.76. The predicted octanol–water partition coefficient (Wildman–Crippen LogP) is 3.78. The molecule has 5 heteroatoms. The molecule has 18 heavy (non-hydrogen) atoms. The zero-order valence-corrected chi connectivity index (χ0v) is 12.5. The van der Waals surface area contributed by atoms with E-state index in [-0.39, 0.29) is 0 Å². The Hall–Kier alpha value is -0.480. The zero-order chi connectivity index (χ0) is 13.0. The van der Waals surface area contributed by atoms with E-state index in [1.54, 1.807) is 6.33 Å². The Balaban J connectivity index is 2.15. The Kier molecular flexibility index (Phi) is 5.13. The quantitative estimate of drug-likeness (QED) is 0.855. The molecular weight excluding hydrogens is 266 g/mol. The predicted molar refractivity (Wildman–Crippen MR) is 79.6 cm³/mol. The minimum atomic E-state index is 0.505. The van der Waals surface area contributed by atoms with Gasteiger partial charge in [0.15, 0.2) is 0 Å². The molecule has 1 N–H and O–H groups in total. The summed E-state index contributed by atoms with van der Waals surface area (Å²) in [5, 5.41) is 4.84. The molecule has 0 aliphatic heterocycles. The summed E-state index contributed by atoms with van der Waals surface area (Å²) in [7, 11) is 0. The monoisotopic (exact) mass is 285 g/mol. The molecule has 0 radical (unpaired) electrons. The maximum absolute atomic E-state index is 6.12. The van der Waals surface area contributed by atoms with Gasteiger partial charge in [-0.1, -0.05) is 31.4 Å². The largest absolute Gasteiger partial charge is 0.366 e. The fourth-order valence-corrected chi connectivity index (χ4v) is 3.75. The van der Waals surface area contributed by atoms with Crippen LogP contribution in [0.4, 0.5) is 5.82 Å². The number of rotatable bonds is 4. The van der Waals surface area contributed by atoms with Crippen molar-refractivity contribution in [1.29, 1.82) is 0 Å². The highest BCUT2D eigenvalue weighted by Crippen LogP contribution is 2.30. The lowest BCUT2D eigenvalue weighted by atomic mass is 9.94. The molecule has 1 aliphatic rings. The van der Waals surface area contributed by atoms with Gasteiger partial charge in [0, 0.05) is 16.9 Å². The second kappa shape index (κ2) is 6.62. The average Bonchev–Trinajstić information content (AvgIpc) is 2.40. The third-order valence-electron chi connectivity index (χ3n) is 3.57. The molecule has 0 bridgehead atoms. The second-order valence-electron chi connectivity index (χ2n) is 4.65. The zero-order valence-electron chi connectivity index (χ0n) is 10.9. The van der Waals surface area contributed by atoms with Gasteiger partial charge in [-0.15, -0.1) is 0 Å². The van der Waals surface area contributed by atoms with E-state index in [1.807, 2.05) is 11.8 Å². The van der Waals surface area contributed by atoms with Crippen molar-refractivity contribution in [3.63, 3.8) is 0 Å². The van der Waals surface area contributed by atoms with Gasteiger partial charge >= 0.3 is 0 Å². The Bertz CT molecular complexity index is 400. The SMILES string of the molecule is CCc1c(Cl)ncnc1NC1CCCCC1SC. The van der Waals surface area contributed by atoms with E-state index in [9.17, 15) is 0 Å². The molecule has 2 unspecified atom stereocenters. The van der Waals surface area contributed by atoms with Crippen molar-refractivity contribution in [3.8, 4) is 0 Å². The number of nitrogens with one attached hydrogen (secondary N) is 1. The summed E-state index contributed by atoms with van der Waals surface area (Å²) >= 11 is 8.07. The third kappa shape index (κ3) is 3.09. The molecule has 1 aromatic heterocycles. The minimum absolute atomic E-state index is 0.505. The van der Waals surface area contributed by atoms with Crippen LogP contribution in [-0.2, 0) is 6.42 Å². The van der Waals surface area contributed by atoms with Crippen LogP contribution in [-0.4, -0.2) is 27.5 Å². The summed E-state index contributed by atoms with van der Waals surface area (Å²) in [4.78, 5) is 8.41. The lowest BCUT2D eigenvalue weighted by Crippen LogP contribution is -2.35. The molecule has 1 heterocycles. The summed E-state index contributed by atoms with van der Waals surface area (Å²) in [6, 6.07) is 0.505. The molecule has 2 rings (SSSR count). The fraction of sp³-hybridized carbons (Fsp3) is 0.692. The highest BCUT2D eigenvalue weighted by Gasteiger charge is 2.25. The lowest BCUT2D eigenvalue weighted by Gasteiger charge is -2.31. The Labute approximate surface area is 118 Å². The van der Waals surface area contributed by atoms with E-state index in [1.165, 1.54) is 25.7 Å². The van der Waals surface area contributed by atoms with E-state index in [2.05, 4.69) is 28.5 Å². The van der Waals surface area contributed by atoms with E-state index >= 15 is 0 Å². The van der Waals surface area contributed by atoms with Gasteiger partial charge in [0.2, 0.25) is 0 Å². The van der Waals surface area contributed by atoms with Crippen molar-refractivity contribution >= 4 is 29.2 Å². The summed E-state index contributed by atoms with van der Waals surface area (Å²) < 4.78 is 0. The summed E-state index contributed by atoms with van der Waals surface area (Å²) in [5.74, 6) is 0.920. The molecule has 2 atom stereocenters. The first-order valence-electron chi connectivity index (χ1n) is 6.55. The Morgan fingerprint density at radius 1 is 1.39 bits per heavy atom. The topological polar surface area (TPSA) is 37.8 Å². The van der Waals surface area contributed by atoms with Crippen LogP contribution in [0.1, 0.15) is 38.2 Å². The summed E-state index contributed by atoms with van der Waals surface area (Å²) in [5.41, 5.74) is 1.03. The number of nitrogens with zero attached hydrogens (tertiary/aromatic N) is 2. The average molecular weight is 286 g/mol. The lowest BCUT2D eigenvalue weighted by molar-refractivity contribution is 0.474. The number of halogens is 1. The number of thioether (sulfide) groups is 1. The molecule has 1 fully saturated rings. The molecule has 0 amide bonds. The third-order valence-corrected chi connectivity index (χ3v) is 5.07. The van der Waals surface area contributed by atoms with Gasteiger partial charge in [0.25, 0.3) is 0 Å². The fourth-order valence-electron chi connectivity index (χ4n) is 2.55. The standard InChI is InChI=1S/C13H20ClN3S/c1-3-9-12(14)15-8-16-13(9)17-10-6-4-5-7-11(10)18-2/h8,10-11H,3-7H2,1-2H3,(H,15,16,17). The van der Waals surface area contributed by atoms with E-state index in [0.29, 0.717) is 16.4 Å². The van der Waals surface area contributed by atoms with Crippen molar-refractivity contribution in [2.75, 3.05) is 11.6 Å². The molecule has 1 aromatic rings. The van der Waals surface area contributed by atoms with Gasteiger partial charge in [0.05, 0.1) is 0 Å². The van der Waals surface area contributed by atoms with Crippen LogP contribution >= 0.6 is 23.4 Å². The maximum atomic E-state index is 6.12. The number of hydrogen-bond acceptors (Lipinski definition) is 4. The number of hydrogen-bond donors (Lipinski definition) is 1. The van der Waals surface area contributed by atoms with Gasteiger partial charge in [-0.25, -0.2) is 9.97 Å². The van der Waals surface area contributed by atoms with Crippen LogP contribution in [0, 0.1) is 0 Å². The molecular formula is C13H20ClN3S. The highest BCUT2D eigenvalue weighted by molar-refractivity contribution is 7.99. The first-order valence-corrected chi connectivity index (χ1v) is 8.21. The van der Waals surface area contributed by atoms with E-state index in [4.69, 9.17) is 11.6 Å². The van der Waals surface area contributed by atoms with Gasteiger partial charge in [-0.05, 0) is 25.5 Å². The van der Waals surface area contributed by atoms with Gasteiger partial charge in [-0.3, -0.25) is 0 Å².